The van der Waals surface area contributed by atoms with E-state index >= 15 is 0 Å². The number of thioether (sulfide) groups is 1. The smallest absolute Gasteiger partial charge is 0.324 e. The predicted octanol–water partition coefficient (Wildman–Crippen LogP) is 3.67. The van der Waals surface area contributed by atoms with E-state index < -0.39 is 22.0 Å². The Morgan fingerprint density at radius 2 is 1.64 bits per heavy atom. The van der Waals surface area contributed by atoms with E-state index in [1.54, 1.807) is 13.8 Å². The fraction of sp³-hybridized carbons (Fsp3) is 0.381. The maximum Gasteiger partial charge on any atom is 0.324 e. The molecule has 7 heteroatoms. The minimum atomic E-state index is -3.88. The fourth-order valence-electron chi connectivity index (χ4n) is 2.99. The summed E-state index contributed by atoms with van der Waals surface area (Å²) in [5.74, 6) is 0.366. The van der Waals surface area contributed by atoms with E-state index in [4.69, 9.17) is 4.74 Å². The van der Waals surface area contributed by atoms with Crippen LogP contribution in [0.5, 0.6) is 0 Å². The molecule has 0 aliphatic carbocycles. The molecule has 2 rings (SSSR count). The second-order valence-corrected chi connectivity index (χ2v) is 9.47. The molecule has 1 atom stereocenters. The van der Waals surface area contributed by atoms with Crippen molar-refractivity contribution in [3.8, 4) is 0 Å². The summed E-state index contributed by atoms with van der Waals surface area (Å²) in [6, 6.07) is 10.8. The predicted molar refractivity (Wildman–Crippen MR) is 114 cm³/mol. The van der Waals surface area contributed by atoms with Gasteiger partial charge in [0.1, 0.15) is 6.04 Å². The summed E-state index contributed by atoms with van der Waals surface area (Å²) in [7, 11) is -2.62. The van der Waals surface area contributed by atoms with E-state index in [-0.39, 0.29) is 10.6 Å². The molecular formula is C21H27NO4S2. The quantitative estimate of drug-likeness (QED) is 0.659. The third-order valence-corrected chi connectivity index (χ3v) is 7.60. The molecule has 1 N–H and O–H groups in total. The second kappa shape index (κ2) is 9.58. The number of esters is 1. The highest BCUT2D eigenvalue weighted by Crippen LogP contribution is 2.26. The lowest BCUT2D eigenvalue weighted by Crippen LogP contribution is -2.43. The minimum absolute atomic E-state index is 0.243. The van der Waals surface area contributed by atoms with Gasteiger partial charge >= 0.3 is 5.97 Å². The SMILES string of the molecule is COC(=O)C(CSCc1ccccc1)NS(=O)(=O)c1c(C)c(C)cc(C)c1C. The van der Waals surface area contributed by atoms with Crippen molar-refractivity contribution in [3.05, 3.63) is 64.2 Å². The number of carbonyl (C=O) groups excluding carboxylic acids is 1. The zero-order valence-corrected chi connectivity index (χ0v) is 18.5. The fourth-order valence-corrected chi connectivity index (χ4v) is 5.90. The molecule has 0 fully saturated rings. The summed E-state index contributed by atoms with van der Waals surface area (Å²) in [6.45, 7) is 7.34. The number of sulfonamides is 1. The molecule has 0 aliphatic heterocycles. The van der Waals surface area contributed by atoms with Crippen LogP contribution in [0.1, 0.15) is 27.8 Å². The van der Waals surface area contributed by atoms with Crippen molar-refractivity contribution in [3.63, 3.8) is 0 Å². The van der Waals surface area contributed by atoms with Gasteiger partial charge in [-0.05, 0) is 55.5 Å². The maximum atomic E-state index is 13.1. The number of aryl methyl sites for hydroxylation is 2. The van der Waals surface area contributed by atoms with Crippen LogP contribution in [-0.2, 0) is 25.3 Å². The summed E-state index contributed by atoms with van der Waals surface area (Å²) in [4.78, 5) is 12.4. The third kappa shape index (κ3) is 5.37. The van der Waals surface area contributed by atoms with Gasteiger partial charge in [0, 0.05) is 11.5 Å². The Hall–Kier alpha value is -1.83. The van der Waals surface area contributed by atoms with E-state index in [9.17, 15) is 13.2 Å². The summed E-state index contributed by atoms with van der Waals surface area (Å²) in [5, 5.41) is 0. The van der Waals surface area contributed by atoms with Crippen LogP contribution in [0.15, 0.2) is 41.3 Å². The number of hydrogen-bond acceptors (Lipinski definition) is 5. The lowest BCUT2D eigenvalue weighted by molar-refractivity contribution is -0.141. The van der Waals surface area contributed by atoms with Crippen molar-refractivity contribution in [2.75, 3.05) is 12.9 Å². The van der Waals surface area contributed by atoms with E-state index in [2.05, 4.69) is 4.72 Å². The van der Waals surface area contributed by atoms with Gasteiger partial charge in [-0.3, -0.25) is 4.79 Å². The average molecular weight is 422 g/mol. The van der Waals surface area contributed by atoms with Crippen LogP contribution in [0, 0.1) is 27.7 Å². The molecule has 0 spiro atoms. The molecule has 0 amide bonds. The average Bonchev–Trinajstić information content (AvgIpc) is 2.65. The zero-order chi connectivity index (χ0) is 20.9. The van der Waals surface area contributed by atoms with Crippen LogP contribution in [0.2, 0.25) is 0 Å². The molecule has 0 saturated heterocycles. The Morgan fingerprint density at radius 1 is 1.07 bits per heavy atom. The van der Waals surface area contributed by atoms with E-state index in [1.807, 2.05) is 50.2 Å². The van der Waals surface area contributed by atoms with Gasteiger partial charge in [-0.1, -0.05) is 36.4 Å². The standard InChI is InChI=1S/C21H27NO4S2/c1-14-11-15(2)17(4)20(16(14)3)28(24,25)22-19(21(23)26-5)13-27-12-18-9-7-6-8-10-18/h6-11,19,22H,12-13H2,1-5H3. The molecule has 0 aliphatic rings. The number of ether oxygens (including phenoxy) is 1. The molecule has 152 valence electrons. The summed E-state index contributed by atoms with van der Waals surface area (Å²) in [5.41, 5.74) is 4.29. The highest BCUT2D eigenvalue weighted by molar-refractivity contribution is 7.98. The highest BCUT2D eigenvalue weighted by Gasteiger charge is 2.29. The molecule has 2 aromatic carbocycles. The minimum Gasteiger partial charge on any atom is -0.468 e. The molecule has 0 aromatic heterocycles. The van der Waals surface area contributed by atoms with Crippen LogP contribution in [-0.4, -0.2) is 33.3 Å². The molecule has 28 heavy (non-hydrogen) atoms. The summed E-state index contributed by atoms with van der Waals surface area (Å²) in [6.07, 6.45) is 0. The topological polar surface area (TPSA) is 72.5 Å². The summed E-state index contributed by atoms with van der Waals surface area (Å²) >= 11 is 1.48. The number of carbonyl (C=O) groups is 1. The number of hydrogen-bond donors (Lipinski definition) is 1. The van der Waals surface area contributed by atoms with E-state index in [0.717, 1.165) is 16.7 Å². The van der Waals surface area contributed by atoms with Gasteiger partial charge < -0.3 is 4.74 Å². The number of benzene rings is 2. The lowest BCUT2D eigenvalue weighted by Gasteiger charge is -2.20. The van der Waals surface area contributed by atoms with E-state index in [0.29, 0.717) is 16.9 Å². The van der Waals surface area contributed by atoms with Gasteiger partial charge in [0.05, 0.1) is 12.0 Å². The van der Waals surface area contributed by atoms with Gasteiger partial charge in [0.25, 0.3) is 0 Å². The normalized spacial score (nSPS) is 12.6. The van der Waals surface area contributed by atoms with Crippen molar-refractivity contribution >= 4 is 27.8 Å². The first kappa shape index (κ1) is 22.5. The van der Waals surface area contributed by atoms with Crippen molar-refractivity contribution in [1.29, 1.82) is 0 Å². The lowest BCUT2D eigenvalue weighted by atomic mass is 10.0. The number of methoxy groups -OCH3 is 1. The second-order valence-electron chi connectivity index (χ2n) is 6.79. The Labute approximate surface area is 171 Å². The maximum absolute atomic E-state index is 13.1. The van der Waals surface area contributed by atoms with Gasteiger partial charge in [0.2, 0.25) is 10.0 Å². The summed E-state index contributed by atoms with van der Waals surface area (Å²) < 4.78 is 33.6. The van der Waals surface area contributed by atoms with Crippen molar-refractivity contribution in [2.45, 2.75) is 44.4 Å². The number of nitrogens with one attached hydrogen (secondary N) is 1. The first-order chi connectivity index (χ1) is 13.2. The van der Waals surface area contributed by atoms with Crippen molar-refractivity contribution < 1.29 is 17.9 Å². The van der Waals surface area contributed by atoms with Gasteiger partial charge in [0.15, 0.2) is 0 Å². The van der Waals surface area contributed by atoms with Crippen LogP contribution in [0.25, 0.3) is 0 Å². The Bertz CT molecular complexity index is 914. The Morgan fingerprint density at radius 3 is 2.18 bits per heavy atom. The Kier molecular flexibility index (Phi) is 7.69. The largest absolute Gasteiger partial charge is 0.468 e. The van der Waals surface area contributed by atoms with Crippen molar-refractivity contribution in [2.24, 2.45) is 0 Å². The molecule has 0 bridgehead atoms. The molecule has 5 nitrogen and oxygen atoms in total. The molecule has 2 aromatic rings. The van der Waals surface area contributed by atoms with Crippen LogP contribution >= 0.6 is 11.8 Å². The number of rotatable bonds is 8. The molecule has 0 radical (unpaired) electrons. The first-order valence-electron chi connectivity index (χ1n) is 8.96. The first-order valence-corrected chi connectivity index (χ1v) is 11.6. The zero-order valence-electron chi connectivity index (χ0n) is 16.9. The van der Waals surface area contributed by atoms with Crippen LogP contribution < -0.4 is 4.72 Å². The third-order valence-electron chi connectivity index (χ3n) is 4.75. The van der Waals surface area contributed by atoms with Crippen LogP contribution in [0.3, 0.4) is 0 Å². The molecular weight excluding hydrogens is 394 g/mol. The van der Waals surface area contributed by atoms with Gasteiger partial charge in [-0.15, -0.1) is 0 Å². The van der Waals surface area contributed by atoms with E-state index in [1.165, 1.54) is 18.9 Å². The van der Waals surface area contributed by atoms with Gasteiger partial charge in [-0.25, -0.2) is 8.42 Å². The van der Waals surface area contributed by atoms with Crippen LogP contribution in [0.4, 0.5) is 0 Å². The Balaban J connectivity index is 2.23. The molecule has 1 unspecified atom stereocenters. The highest BCUT2D eigenvalue weighted by atomic mass is 32.2. The monoisotopic (exact) mass is 421 g/mol. The van der Waals surface area contributed by atoms with Crippen molar-refractivity contribution in [1.82, 2.24) is 4.72 Å². The molecule has 0 saturated carbocycles. The molecule has 0 heterocycles. The van der Waals surface area contributed by atoms with Gasteiger partial charge in [-0.2, -0.15) is 16.5 Å².